The highest BCUT2D eigenvalue weighted by Gasteiger charge is 2.17. The lowest BCUT2D eigenvalue weighted by molar-refractivity contribution is 0.453. The van der Waals surface area contributed by atoms with Crippen molar-refractivity contribution in [1.29, 1.82) is 0 Å². The molecule has 130 valence electrons. The van der Waals surface area contributed by atoms with Crippen molar-refractivity contribution in [1.82, 2.24) is 4.31 Å². The summed E-state index contributed by atoms with van der Waals surface area (Å²) in [7, 11) is -3.52. The van der Waals surface area contributed by atoms with Crippen molar-refractivity contribution in [3.63, 3.8) is 0 Å². The molecule has 0 saturated carbocycles. The summed E-state index contributed by atoms with van der Waals surface area (Å²) >= 11 is 0. The van der Waals surface area contributed by atoms with Crippen molar-refractivity contribution in [2.24, 2.45) is 0 Å². The summed E-state index contributed by atoms with van der Waals surface area (Å²) in [6, 6.07) is 17.2. The van der Waals surface area contributed by atoms with Crippen molar-refractivity contribution in [3.05, 3.63) is 76.7 Å². The lowest BCUT2D eigenvalue weighted by atomic mass is 10.0. The van der Waals surface area contributed by atoms with Crippen molar-refractivity contribution in [3.8, 4) is 11.8 Å². The zero-order valence-electron chi connectivity index (χ0n) is 14.9. The summed E-state index contributed by atoms with van der Waals surface area (Å²) < 4.78 is 26.8. The van der Waals surface area contributed by atoms with Gasteiger partial charge in [-0.1, -0.05) is 68.2 Å². The highest BCUT2D eigenvalue weighted by Crippen LogP contribution is 2.20. The Morgan fingerprint density at radius 3 is 2.20 bits per heavy atom. The van der Waals surface area contributed by atoms with Crippen LogP contribution in [0.4, 0.5) is 0 Å². The molecule has 3 nitrogen and oxygen atoms in total. The zero-order chi connectivity index (χ0) is 18.3. The van der Waals surface area contributed by atoms with E-state index in [1.807, 2.05) is 75.4 Å². The molecule has 0 spiro atoms. The number of aryl methyl sites for hydroxylation is 1. The summed E-state index contributed by atoms with van der Waals surface area (Å²) in [6.45, 7) is 6.48. The fourth-order valence-electron chi connectivity index (χ4n) is 2.50. The Bertz CT molecular complexity index is 900. The molecule has 0 aromatic heterocycles. The molecule has 2 aromatic carbocycles. The Balaban J connectivity index is 2.56. The third kappa shape index (κ3) is 5.06. The highest BCUT2D eigenvalue weighted by molar-refractivity contribution is 7.92. The molecular weight excluding hydrogens is 330 g/mol. The molecule has 2 rings (SSSR count). The number of hydrogen-bond acceptors (Lipinski definition) is 2. The predicted octanol–water partition coefficient (Wildman–Crippen LogP) is 4.06. The second kappa shape index (κ2) is 8.66. The summed E-state index contributed by atoms with van der Waals surface area (Å²) in [5.74, 6) is 6.12. The Labute approximate surface area is 151 Å². The molecule has 0 atom stereocenters. The molecule has 0 fully saturated rings. The Hall–Kier alpha value is -2.35. The quantitative estimate of drug-likeness (QED) is 0.760. The maximum absolute atomic E-state index is 12.7. The summed E-state index contributed by atoms with van der Waals surface area (Å²) in [5.41, 5.74) is 3.18. The summed E-state index contributed by atoms with van der Waals surface area (Å²) in [6.07, 6.45) is 0. The second-order valence-corrected chi connectivity index (χ2v) is 7.37. The van der Waals surface area contributed by atoms with Gasteiger partial charge in [0.25, 0.3) is 0 Å². The van der Waals surface area contributed by atoms with E-state index in [2.05, 4.69) is 11.8 Å². The van der Waals surface area contributed by atoms with E-state index < -0.39 is 10.0 Å². The maximum atomic E-state index is 12.7. The molecule has 0 aliphatic rings. The van der Waals surface area contributed by atoms with Crippen LogP contribution in [0.3, 0.4) is 0 Å². The van der Waals surface area contributed by atoms with Crippen molar-refractivity contribution in [2.45, 2.75) is 20.8 Å². The van der Waals surface area contributed by atoms with Crippen LogP contribution in [0.15, 0.2) is 60.0 Å². The first kappa shape index (κ1) is 19.0. The smallest absolute Gasteiger partial charge is 0.207 e. The molecule has 0 aliphatic carbocycles. The molecule has 0 bridgehead atoms. The molecule has 4 heteroatoms. The van der Waals surface area contributed by atoms with Crippen molar-refractivity contribution < 1.29 is 8.42 Å². The van der Waals surface area contributed by atoms with Crippen LogP contribution < -0.4 is 0 Å². The topological polar surface area (TPSA) is 37.4 Å². The van der Waals surface area contributed by atoms with Gasteiger partial charge in [-0.25, -0.2) is 8.42 Å². The molecule has 0 aliphatic heterocycles. The summed E-state index contributed by atoms with van der Waals surface area (Å²) in [5, 5.41) is 1.29. The molecule has 0 unspecified atom stereocenters. The molecule has 0 heterocycles. The van der Waals surface area contributed by atoms with E-state index in [0.29, 0.717) is 18.7 Å². The van der Waals surface area contributed by atoms with Gasteiger partial charge >= 0.3 is 0 Å². The van der Waals surface area contributed by atoms with Gasteiger partial charge in [0, 0.05) is 24.2 Å². The monoisotopic (exact) mass is 353 g/mol. The third-order valence-electron chi connectivity index (χ3n) is 3.88. The number of rotatable bonds is 5. The van der Waals surface area contributed by atoms with E-state index in [4.69, 9.17) is 0 Å². The first-order chi connectivity index (χ1) is 12.0. The number of allylic oxidation sites excluding steroid dienone is 1. The van der Waals surface area contributed by atoms with Crippen LogP contribution in [0.2, 0.25) is 0 Å². The lowest BCUT2D eigenvalue weighted by Crippen LogP contribution is -2.29. The molecule has 0 radical (unpaired) electrons. The van der Waals surface area contributed by atoms with Crippen molar-refractivity contribution in [2.75, 3.05) is 13.1 Å². The largest absolute Gasteiger partial charge is 0.237 e. The molecule has 0 amide bonds. The van der Waals surface area contributed by atoms with Gasteiger partial charge in [-0.15, -0.1) is 0 Å². The fourth-order valence-corrected chi connectivity index (χ4v) is 3.86. The Kier molecular flexibility index (Phi) is 6.58. The lowest BCUT2D eigenvalue weighted by Gasteiger charge is -2.16. The number of hydrogen-bond donors (Lipinski definition) is 0. The SMILES string of the molecule is CCN(CC)S(=O)(=O)/C=C(\C#Cc1ccccc1)c1ccccc1C. The van der Waals surface area contributed by atoms with Crippen LogP contribution >= 0.6 is 0 Å². The number of benzene rings is 2. The van der Waals surface area contributed by atoms with Crippen LogP contribution in [0.25, 0.3) is 5.57 Å². The van der Waals surface area contributed by atoms with Gasteiger partial charge in [-0.05, 0) is 30.2 Å². The van der Waals surface area contributed by atoms with Gasteiger partial charge in [-0.3, -0.25) is 0 Å². The van der Waals surface area contributed by atoms with Crippen LogP contribution in [0.1, 0.15) is 30.5 Å². The predicted molar refractivity (Wildman–Crippen MR) is 104 cm³/mol. The van der Waals surface area contributed by atoms with Gasteiger partial charge < -0.3 is 0 Å². The average molecular weight is 353 g/mol. The standard InChI is InChI=1S/C21H23NO2S/c1-4-22(5-2)25(23,24)17-20(21-14-10-9-11-18(21)3)16-15-19-12-7-6-8-13-19/h6-14,17H,4-5H2,1-3H3/b20-17+. The van der Waals surface area contributed by atoms with E-state index >= 15 is 0 Å². The van der Waals surface area contributed by atoms with Gasteiger partial charge in [0.05, 0.1) is 5.41 Å². The van der Waals surface area contributed by atoms with Gasteiger partial charge in [0.2, 0.25) is 10.0 Å². The number of sulfonamides is 1. The fraction of sp³-hybridized carbons (Fsp3) is 0.238. The van der Waals surface area contributed by atoms with Gasteiger partial charge in [0.15, 0.2) is 0 Å². The van der Waals surface area contributed by atoms with E-state index in [1.54, 1.807) is 0 Å². The van der Waals surface area contributed by atoms with E-state index in [0.717, 1.165) is 16.7 Å². The first-order valence-electron chi connectivity index (χ1n) is 8.32. The average Bonchev–Trinajstić information content (AvgIpc) is 2.61. The minimum Gasteiger partial charge on any atom is -0.207 e. The molecule has 25 heavy (non-hydrogen) atoms. The van der Waals surface area contributed by atoms with E-state index in [-0.39, 0.29) is 0 Å². The van der Waals surface area contributed by atoms with E-state index in [1.165, 1.54) is 9.71 Å². The minimum atomic E-state index is -3.52. The summed E-state index contributed by atoms with van der Waals surface area (Å²) in [4.78, 5) is 0. The normalized spacial score (nSPS) is 11.9. The van der Waals surface area contributed by atoms with E-state index in [9.17, 15) is 8.42 Å². The maximum Gasteiger partial charge on any atom is 0.237 e. The molecule has 0 saturated heterocycles. The third-order valence-corrected chi connectivity index (χ3v) is 5.65. The molecule has 2 aromatic rings. The van der Waals surface area contributed by atoms with Gasteiger partial charge in [0.1, 0.15) is 0 Å². The molecular formula is C21H23NO2S. The first-order valence-corrected chi connectivity index (χ1v) is 9.83. The second-order valence-electron chi connectivity index (χ2n) is 5.59. The molecule has 0 N–H and O–H groups in total. The Morgan fingerprint density at radius 1 is 1.00 bits per heavy atom. The van der Waals surface area contributed by atoms with Crippen LogP contribution in [-0.2, 0) is 10.0 Å². The zero-order valence-corrected chi connectivity index (χ0v) is 15.7. The van der Waals surface area contributed by atoms with Crippen LogP contribution in [-0.4, -0.2) is 25.8 Å². The number of nitrogens with zero attached hydrogens (tertiary/aromatic N) is 1. The van der Waals surface area contributed by atoms with Crippen molar-refractivity contribution >= 4 is 15.6 Å². The minimum absolute atomic E-state index is 0.433. The van der Waals surface area contributed by atoms with Gasteiger partial charge in [-0.2, -0.15) is 4.31 Å². The highest BCUT2D eigenvalue weighted by atomic mass is 32.2. The van der Waals surface area contributed by atoms with Crippen LogP contribution in [0, 0.1) is 18.8 Å². The Morgan fingerprint density at radius 2 is 1.60 bits per heavy atom. The van der Waals surface area contributed by atoms with Crippen LogP contribution in [0.5, 0.6) is 0 Å².